The molecule has 0 unspecified atom stereocenters. The molecule has 102 valence electrons. The van der Waals surface area contributed by atoms with Crippen molar-refractivity contribution >= 4 is 17.2 Å². The quantitative estimate of drug-likeness (QED) is 0.843. The van der Waals surface area contributed by atoms with Crippen molar-refractivity contribution < 1.29 is 14.3 Å². The van der Waals surface area contributed by atoms with Gasteiger partial charge in [0.15, 0.2) is 0 Å². The average Bonchev–Trinajstić information content (AvgIpc) is 2.38. The molecule has 0 spiro atoms. The summed E-state index contributed by atoms with van der Waals surface area (Å²) < 4.78 is 10.8. The number of hydrogen-bond donors (Lipinski definition) is 1. The summed E-state index contributed by atoms with van der Waals surface area (Å²) in [6, 6.07) is 1.83. The molecule has 0 amide bonds. The fourth-order valence-electron chi connectivity index (χ4n) is 1.92. The van der Waals surface area contributed by atoms with Crippen LogP contribution in [0.2, 0.25) is 0 Å². The summed E-state index contributed by atoms with van der Waals surface area (Å²) >= 11 is 0. The van der Waals surface area contributed by atoms with Crippen molar-refractivity contribution in [1.82, 2.24) is 4.98 Å². The molecule has 1 aliphatic rings. The van der Waals surface area contributed by atoms with E-state index < -0.39 is 0 Å². The number of pyridine rings is 1. The van der Waals surface area contributed by atoms with Crippen molar-refractivity contribution in [2.24, 2.45) is 0 Å². The van der Waals surface area contributed by atoms with E-state index in [0.717, 1.165) is 5.69 Å². The van der Waals surface area contributed by atoms with Gasteiger partial charge < -0.3 is 14.8 Å². The molecular weight excluding hydrogens is 244 g/mol. The van der Waals surface area contributed by atoms with E-state index in [1.807, 2.05) is 19.9 Å². The van der Waals surface area contributed by atoms with Gasteiger partial charge in [0, 0.05) is 18.4 Å². The van der Waals surface area contributed by atoms with Gasteiger partial charge in [0.1, 0.15) is 0 Å². The van der Waals surface area contributed by atoms with E-state index in [1.165, 1.54) is 0 Å². The number of carbonyl (C=O) groups excluding carboxylic acids is 1. The Kier molecular flexibility index (Phi) is 4.04. The number of rotatable bonds is 4. The molecule has 1 aliphatic heterocycles. The summed E-state index contributed by atoms with van der Waals surface area (Å²) in [5, 5.41) is 3.20. The molecule has 1 N–H and O–H groups in total. The Bertz CT molecular complexity index is 509. The number of aromatic nitrogens is 1. The summed E-state index contributed by atoms with van der Waals surface area (Å²) in [5.41, 5.74) is 2.04. The van der Waals surface area contributed by atoms with Crippen molar-refractivity contribution in [2.45, 2.75) is 26.9 Å². The summed E-state index contributed by atoms with van der Waals surface area (Å²) in [4.78, 5) is 16.2. The third-order valence-corrected chi connectivity index (χ3v) is 2.63. The van der Waals surface area contributed by atoms with Crippen molar-refractivity contribution in [1.29, 1.82) is 0 Å². The standard InChI is InChI=1S/C14H18N2O3/c1-4-18-14(17)10-5-7-15-11-6-8-16-13(12(10)11)19-9(2)3/h5-6,8-9,15H,4,7H2,1-3H3. The van der Waals surface area contributed by atoms with Crippen LogP contribution in [-0.4, -0.2) is 30.2 Å². The first-order valence-corrected chi connectivity index (χ1v) is 6.40. The summed E-state index contributed by atoms with van der Waals surface area (Å²) in [7, 11) is 0. The van der Waals surface area contributed by atoms with Crippen molar-refractivity contribution in [3.63, 3.8) is 0 Å². The maximum absolute atomic E-state index is 12.0. The van der Waals surface area contributed by atoms with Crippen LogP contribution in [0.1, 0.15) is 26.3 Å². The van der Waals surface area contributed by atoms with Gasteiger partial charge in [-0.15, -0.1) is 0 Å². The minimum Gasteiger partial charge on any atom is -0.474 e. The third-order valence-electron chi connectivity index (χ3n) is 2.63. The molecule has 1 aromatic rings. The Morgan fingerprint density at radius 1 is 1.53 bits per heavy atom. The third kappa shape index (κ3) is 2.86. The van der Waals surface area contributed by atoms with Gasteiger partial charge in [-0.2, -0.15) is 0 Å². The van der Waals surface area contributed by atoms with E-state index in [2.05, 4.69) is 10.3 Å². The normalized spacial score (nSPS) is 13.4. The Labute approximate surface area is 112 Å². The minimum atomic E-state index is -0.341. The lowest BCUT2D eigenvalue weighted by molar-refractivity contribution is -0.136. The van der Waals surface area contributed by atoms with Crippen molar-refractivity contribution in [2.75, 3.05) is 18.5 Å². The highest BCUT2D eigenvalue weighted by Crippen LogP contribution is 2.35. The van der Waals surface area contributed by atoms with Crippen molar-refractivity contribution in [3.8, 4) is 5.88 Å². The molecule has 5 heteroatoms. The van der Waals surface area contributed by atoms with Gasteiger partial charge in [-0.05, 0) is 26.8 Å². The summed E-state index contributed by atoms with van der Waals surface area (Å²) in [6.07, 6.45) is 3.46. The highest BCUT2D eigenvalue weighted by atomic mass is 16.5. The fourth-order valence-corrected chi connectivity index (χ4v) is 1.92. The number of anilines is 1. The van der Waals surface area contributed by atoms with E-state index in [1.54, 1.807) is 19.2 Å². The SMILES string of the molecule is CCOC(=O)C1=CCNc2ccnc(OC(C)C)c21. The molecule has 1 aromatic heterocycles. The molecule has 0 atom stereocenters. The number of nitrogens with zero attached hydrogens (tertiary/aromatic N) is 1. The molecule has 2 heterocycles. The highest BCUT2D eigenvalue weighted by Gasteiger charge is 2.25. The lowest BCUT2D eigenvalue weighted by atomic mass is 10.0. The Hall–Kier alpha value is -2.04. The van der Waals surface area contributed by atoms with Crippen LogP contribution in [0, 0.1) is 0 Å². The number of esters is 1. The molecule has 0 fully saturated rings. The molecule has 0 saturated heterocycles. The largest absolute Gasteiger partial charge is 0.474 e. The lowest BCUT2D eigenvalue weighted by Gasteiger charge is -2.21. The van der Waals surface area contributed by atoms with E-state index in [-0.39, 0.29) is 12.1 Å². The topological polar surface area (TPSA) is 60.5 Å². The van der Waals surface area contributed by atoms with Gasteiger partial charge in [-0.25, -0.2) is 9.78 Å². The Morgan fingerprint density at radius 3 is 3.00 bits per heavy atom. The monoisotopic (exact) mass is 262 g/mol. The highest BCUT2D eigenvalue weighted by molar-refractivity contribution is 6.19. The molecule has 0 bridgehead atoms. The molecule has 2 rings (SSSR count). The molecule has 0 saturated carbocycles. The van der Waals surface area contributed by atoms with Crippen molar-refractivity contribution in [3.05, 3.63) is 23.9 Å². The maximum Gasteiger partial charge on any atom is 0.338 e. The second-order valence-corrected chi connectivity index (χ2v) is 4.42. The number of nitrogens with one attached hydrogen (secondary N) is 1. The van der Waals surface area contributed by atoms with E-state index in [9.17, 15) is 4.79 Å². The summed E-state index contributed by atoms with van der Waals surface area (Å²) in [6.45, 7) is 6.57. The van der Waals surface area contributed by atoms with Crippen LogP contribution in [0.25, 0.3) is 5.57 Å². The van der Waals surface area contributed by atoms with E-state index >= 15 is 0 Å². The average molecular weight is 262 g/mol. The number of fused-ring (bicyclic) bond motifs is 1. The number of hydrogen-bond acceptors (Lipinski definition) is 5. The first kappa shape index (κ1) is 13.4. The first-order valence-electron chi connectivity index (χ1n) is 6.40. The second-order valence-electron chi connectivity index (χ2n) is 4.42. The zero-order valence-electron chi connectivity index (χ0n) is 11.4. The molecule has 0 aliphatic carbocycles. The Balaban J connectivity index is 2.42. The molecule has 19 heavy (non-hydrogen) atoms. The van der Waals surface area contributed by atoms with Crippen LogP contribution in [0.15, 0.2) is 18.3 Å². The van der Waals surface area contributed by atoms with E-state index in [0.29, 0.717) is 30.2 Å². The molecular formula is C14H18N2O3. The predicted octanol–water partition coefficient (Wildman–Crippen LogP) is 2.24. The first-order chi connectivity index (χ1) is 9.13. The van der Waals surface area contributed by atoms with Crippen LogP contribution >= 0.6 is 0 Å². The zero-order valence-corrected chi connectivity index (χ0v) is 11.4. The fraction of sp³-hybridized carbons (Fsp3) is 0.429. The minimum absolute atomic E-state index is 0.00984. The predicted molar refractivity (Wildman–Crippen MR) is 73.1 cm³/mol. The molecule has 0 aromatic carbocycles. The van der Waals surface area contributed by atoms with Gasteiger partial charge in [0.25, 0.3) is 0 Å². The zero-order chi connectivity index (χ0) is 13.8. The van der Waals surface area contributed by atoms with Crippen LogP contribution in [-0.2, 0) is 9.53 Å². The lowest BCUT2D eigenvalue weighted by Crippen LogP contribution is -2.18. The van der Waals surface area contributed by atoms with Gasteiger partial charge in [0.2, 0.25) is 5.88 Å². The van der Waals surface area contributed by atoms with Gasteiger partial charge >= 0.3 is 5.97 Å². The van der Waals surface area contributed by atoms with Crippen LogP contribution in [0.4, 0.5) is 5.69 Å². The molecule has 5 nitrogen and oxygen atoms in total. The van der Waals surface area contributed by atoms with Crippen LogP contribution < -0.4 is 10.1 Å². The van der Waals surface area contributed by atoms with E-state index in [4.69, 9.17) is 9.47 Å². The summed E-state index contributed by atoms with van der Waals surface area (Å²) in [5.74, 6) is 0.117. The van der Waals surface area contributed by atoms with Crippen LogP contribution in [0.5, 0.6) is 5.88 Å². The van der Waals surface area contributed by atoms with Gasteiger partial charge in [-0.3, -0.25) is 0 Å². The van der Waals surface area contributed by atoms with Gasteiger partial charge in [-0.1, -0.05) is 6.08 Å². The number of ether oxygens (including phenoxy) is 2. The van der Waals surface area contributed by atoms with Gasteiger partial charge in [0.05, 0.1) is 23.8 Å². The van der Waals surface area contributed by atoms with Crippen LogP contribution in [0.3, 0.4) is 0 Å². The Morgan fingerprint density at radius 2 is 2.32 bits per heavy atom. The maximum atomic E-state index is 12.0. The smallest absolute Gasteiger partial charge is 0.338 e. The molecule has 0 radical (unpaired) electrons. The number of carbonyl (C=O) groups is 1. The second kappa shape index (κ2) is 5.73.